The van der Waals surface area contributed by atoms with Crippen molar-refractivity contribution >= 4 is 0 Å². The van der Waals surface area contributed by atoms with Crippen LogP contribution in [0.3, 0.4) is 0 Å². The summed E-state index contributed by atoms with van der Waals surface area (Å²) in [6, 6.07) is 9.23. The molecular formula is C20H29N3. The number of pyridine rings is 1. The average Bonchev–Trinajstić information content (AvgIpc) is 2.86. The van der Waals surface area contributed by atoms with E-state index in [0.29, 0.717) is 12.0 Å². The summed E-state index contributed by atoms with van der Waals surface area (Å²) in [6.45, 7) is 11.3. The molecule has 1 fully saturated rings. The molecule has 0 saturated carbocycles. The Balaban J connectivity index is 2.02. The van der Waals surface area contributed by atoms with Crippen LogP contribution in [0.1, 0.15) is 56.1 Å². The van der Waals surface area contributed by atoms with Gasteiger partial charge in [0.25, 0.3) is 0 Å². The molecule has 0 N–H and O–H groups in total. The maximum atomic E-state index is 4.77. The molecule has 0 unspecified atom stereocenters. The maximum absolute atomic E-state index is 4.77. The van der Waals surface area contributed by atoms with Gasteiger partial charge in [0.15, 0.2) is 0 Å². The highest BCUT2D eigenvalue weighted by atomic mass is 15.2. The van der Waals surface area contributed by atoms with Crippen LogP contribution in [0.5, 0.6) is 0 Å². The Morgan fingerprint density at radius 2 is 1.87 bits per heavy atom. The summed E-state index contributed by atoms with van der Waals surface area (Å²) in [5.74, 6) is 1.82. The molecule has 3 heterocycles. The molecule has 0 aromatic carbocycles. The van der Waals surface area contributed by atoms with Gasteiger partial charge in [0, 0.05) is 35.7 Å². The van der Waals surface area contributed by atoms with Gasteiger partial charge in [-0.05, 0) is 57.4 Å². The SMILES string of the molecule is Cc1ccc(C)n1-c1ncccc1[C@H]1CCCCN1CC(C)C. The van der Waals surface area contributed by atoms with Crippen molar-refractivity contribution in [2.24, 2.45) is 5.92 Å². The zero-order valence-corrected chi connectivity index (χ0v) is 14.9. The zero-order valence-electron chi connectivity index (χ0n) is 14.9. The van der Waals surface area contributed by atoms with E-state index in [-0.39, 0.29) is 0 Å². The number of rotatable bonds is 4. The molecule has 3 rings (SSSR count). The summed E-state index contributed by atoms with van der Waals surface area (Å²) in [5, 5.41) is 0. The van der Waals surface area contributed by atoms with Crippen molar-refractivity contribution in [3.8, 4) is 5.82 Å². The lowest BCUT2D eigenvalue weighted by Gasteiger charge is -2.37. The predicted octanol–water partition coefficient (Wildman–Crippen LogP) is 4.67. The van der Waals surface area contributed by atoms with Crippen LogP contribution in [0.15, 0.2) is 30.5 Å². The van der Waals surface area contributed by atoms with Gasteiger partial charge >= 0.3 is 0 Å². The second kappa shape index (κ2) is 6.88. The van der Waals surface area contributed by atoms with Gasteiger partial charge in [-0.25, -0.2) is 4.98 Å². The van der Waals surface area contributed by atoms with E-state index in [0.717, 1.165) is 5.82 Å². The van der Waals surface area contributed by atoms with Crippen molar-refractivity contribution < 1.29 is 0 Å². The predicted molar refractivity (Wildman–Crippen MR) is 96.0 cm³/mol. The highest BCUT2D eigenvalue weighted by Crippen LogP contribution is 2.34. The van der Waals surface area contributed by atoms with Crippen molar-refractivity contribution in [2.75, 3.05) is 13.1 Å². The summed E-state index contributed by atoms with van der Waals surface area (Å²) in [5.41, 5.74) is 3.90. The van der Waals surface area contributed by atoms with E-state index in [9.17, 15) is 0 Å². The van der Waals surface area contributed by atoms with E-state index in [1.807, 2.05) is 6.20 Å². The number of aromatic nitrogens is 2. The van der Waals surface area contributed by atoms with Crippen molar-refractivity contribution in [2.45, 2.75) is 53.0 Å². The van der Waals surface area contributed by atoms with Crippen molar-refractivity contribution in [3.63, 3.8) is 0 Å². The Hall–Kier alpha value is -1.61. The lowest BCUT2D eigenvalue weighted by atomic mass is 9.94. The van der Waals surface area contributed by atoms with E-state index >= 15 is 0 Å². The molecule has 0 aliphatic carbocycles. The quantitative estimate of drug-likeness (QED) is 0.818. The number of piperidine rings is 1. The first-order valence-electron chi connectivity index (χ1n) is 8.92. The topological polar surface area (TPSA) is 21.1 Å². The van der Waals surface area contributed by atoms with Crippen LogP contribution in [0, 0.1) is 19.8 Å². The first kappa shape index (κ1) is 16.3. The molecule has 1 atom stereocenters. The number of nitrogens with zero attached hydrogens (tertiary/aromatic N) is 3. The molecule has 0 radical (unpaired) electrons. The normalized spacial score (nSPS) is 19.4. The monoisotopic (exact) mass is 311 g/mol. The second-order valence-electron chi connectivity index (χ2n) is 7.27. The number of hydrogen-bond acceptors (Lipinski definition) is 2. The molecule has 1 aliphatic heterocycles. The highest BCUT2D eigenvalue weighted by Gasteiger charge is 2.27. The van der Waals surface area contributed by atoms with E-state index in [1.165, 1.54) is 49.3 Å². The highest BCUT2D eigenvalue weighted by molar-refractivity contribution is 5.40. The number of likely N-dealkylation sites (tertiary alicyclic amines) is 1. The number of hydrogen-bond donors (Lipinski definition) is 0. The molecule has 2 aromatic heterocycles. The summed E-state index contributed by atoms with van der Waals surface area (Å²) >= 11 is 0. The van der Waals surface area contributed by atoms with Crippen LogP contribution < -0.4 is 0 Å². The fourth-order valence-electron chi connectivity index (χ4n) is 3.89. The average molecular weight is 311 g/mol. The summed E-state index contributed by atoms with van der Waals surface area (Å²) in [4.78, 5) is 7.44. The molecule has 1 aliphatic rings. The third-order valence-corrected chi connectivity index (χ3v) is 4.87. The van der Waals surface area contributed by atoms with Gasteiger partial charge in [0.2, 0.25) is 0 Å². The Bertz CT molecular complexity index is 637. The van der Waals surface area contributed by atoms with Crippen LogP contribution in [-0.4, -0.2) is 27.5 Å². The smallest absolute Gasteiger partial charge is 0.141 e. The van der Waals surface area contributed by atoms with Gasteiger partial charge in [0.05, 0.1) is 0 Å². The molecule has 0 amide bonds. The van der Waals surface area contributed by atoms with Gasteiger partial charge < -0.3 is 4.57 Å². The second-order valence-corrected chi connectivity index (χ2v) is 7.27. The fourth-order valence-corrected chi connectivity index (χ4v) is 3.89. The minimum absolute atomic E-state index is 0.496. The Morgan fingerprint density at radius 1 is 1.13 bits per heavy atom. The van der Waals surface area contributed by atoms with Crippen LogP contribution in [0.2, 0.25) is 0 Å². The van der Waals surface area contributed by atoms with Crippen molar-refractivity contribution in [3.05, 3.63) is 47.4 Å². The van der Waals surface area contributed by atoms with Crippen molar-refractivity contribution in [1.82, 2.24) is 14.5 Å². The summed E-state index contributed by atoms with van der Waals surface area (Å²) in [7, 11) is 0. The van der Waals surface area contributed by atoms with Gasteiger partial charge in [0.1, 0.15) is 5.82 Å². The van der Waals surface area contributed by atoms with E-state index < -0.39 is 0 Å². The van der Waals surface area contributed by atoms with E-state index in [1.54, 1.807) is 0 Å². The number of aryl methyl sites for hydroxylation is 2. The van der Waals surface area contributed by atoms with Crippen molar-refractivity contribution in [1.29, 1.82) is 0 Å². The Labute approximate surface area is 140 Å². The van der Waals surface area contributed by atoms with Gasteiger partial charge in [-0.3, -0.25) is 4.90 Å². The van der Waals surface area contributed by atoms with Gasteiger partial charge in [-0.15, -0.1) is 0 Å². The largest absolute Gasteiger partial charge is 0.303 e. The van der Waals surface area contributed by atoms with Crippen LogP contribution >= 0.6 is 0 Å². The molecule has 3 nitrogen and oxygen atoms in total. The maximum Gasteiger partial charge on any atom is 0.141 e. The molecule has 23 heavy (non-hydrogen) atoms. The minimum Gasteiger partial charge on any atom is -0.303 e. The third-order valence-electron chi connectivity index (χ3n) is 4.87. The molecule has 1 saturated heterocycles. The first-order valence-corrected chi connectivity index (χ1v) is 8.92. The van der Waals surface area contributed by atoms with Crippen LogP contribution in [0.25, 0.3) is 5.82 Å². The van der Waals surface area contributed by atoms with Gasteiger partial charge in [-0.2, -0.15) is 0 Å². The first-order chi connectivity index (χ1) is 11.1. The molecule has 0 spiro atoms. The summed E-state index contributed by atoms with van der Waals surface area (Å²) in [6.07, 6.45) is 5.80. The Morgan fingerprint density at radius 3 is 2.57 bits per heavy atom. The lowest BCUT2D eigenvalue weighted by Crippen LogP contribution is -2.36. The Kier molecular flexibility index (Phi) is 4.86. The minimum atomic E-state index is 0.496. The molecule has 124 valence electrons. The standard InChI is InChI=1S/C20H29N3/c1-15(2)14-22-13-6-5-9-19(22)18-8-7-12-21-20(18)23-16(3)10-11-17(23)4/h7-8,10-12,15,19H,5-6,9,13-14H2,1-4H3/t19-/m1/s1. The fraction of sp³-hybridized carbons (Fsp3) is 0.550. The van der Waals surface area contributed by atoms with Crippen LogP contribution in [-0.2, 0) is 0 Å². The summed E-state index contributed by atoms with van der Waals surface area (Å²) < 4.78 is 2.30. The molecule has 2 aromatic rings. The van der Waals surface area contributed by atoms with E-state index in [2.05, 4.69) is 61.4 Å². The zero-order chi connectivity index (χ0) is 16.4. The lowest BCUT2D eigenvalue weighted by molar-refractivity contribution is 0.132. The molecule has 0 bridgehead atoms. The molecular weight excluding hydrogens is 282 g/mol. The molecule has 3 heteroatoms. The van der Waals surface area contributed by atoms with Crippen LogP contribution in [0.4, 0.5) is 0 Å². The van der Waals surface area contributed by atoms with Gasteiger partial charge in [-0.1, -0.05) is 26.3 Å². The third kappa shape index (κ3) is 3.35. The van der Waals surface area contributed by atoms with E-state index in [4.69, 9.17) is 4.98 Å².